The van der Waals surface area contributed by atoms with E-state index in [9.17, 15) is 0 Å². The fourth-order valence-electron chi connectivity index (χ4n) is 1.78. The highest BCUT2D eigenvalue weighted by molar-refractivity contribution is 9.10. The highest BCUT2D eigenvalue weighted by Crippen LogP contribution is 2.17. The second kappa shape index (κ2) is 5.94. The van der Waals surface area contributed by atoms with E-state index >= 15 is 0 Å². The van der Waals surface area contributed by atoms with Gasteiger partial charge in [-0.1, -0.05) is 40.2 Å². The SMILES string of the molecule is CN(Cc1cccnc1)Cc1ccccc1Br. The molecule has 0 unspecified atom stereocenters. The zero-order valence-corrected chi connectivity index (χ0v) is 11.4. The van der Waals surface area contributed by atoms with Crippen LogP contribution in [0.15, 0.2) is 53.3 Å². The molecule has 2 aromatic rings. The number of pyridine rings is 1. The lowest BCUT2D eigenvalue weighted by atomic mass is 10.2. The second-order valence-corrected chi connectivity index (χ2v) is 4.98. The summed E-state index contributed by atoms with van der Waals surface area (Å²) in [7, 11) is 2.12. The summed E-state index contributed by atoms with van der Waals surface area (Å²) in [5, 5.41) is 0. The van der Waals surface area contributed by atoms with Gasteiger partial charge in [0, 0.05) is 30.0 Å². The number of benzene rings is 1. The minimum Gasteiger partial charge on any atom is -0.298 e. The molecule has 17 heavy (non-hydrogen) atoms. The summed E-state index contributed by atoms with van der Waals surface area (Å²) >= 11 is 3.57. The molecule has 2 rings (SSSR count). The summed E-state index contributed by atoms with van der Waals surface area (Å²) in [6.07, 6.45) is 3.72. The fourth-order valence-corrected chi connectivity index (χ4v) is 2.19. The molecule has 0 amide bonds. The van der Waals surface area contributed by atoms with Crippen LogP contribution in [0.2, 0.25) is 0 Å². The predicted octanol–water partition coefficient (Wildman–Crippen LogP) is 3.48. The number of nitrogens with zero attached hydrogens (tertiary/aromatic N) is 2. The first kappa shape index (κ1) is 12.3. The average Bonchev–Trinajstić information content (AvgIpc) is 2.33. The van der Waals surface area contributed by atoms with Crippen LogP contribution in [0.5, 0.6) is 0 Å². The average molecular weight is 291 g/mol. The van der Waals surface area contributed by atoms with Crippen LogP contribution in [0.4, 0.5) is 0 Å². The standard InChI is InChI=1S/C14H15BrN2/c1-17(10-12-5-4-8-16-9-12)11-13-6-2-3-7-14(13)15/h2-9H,10-11H2,1H3. The summed E-state index contributed by atoms with van der Waals surface area (Å²) < 4.78 is 1.16. The van der Waals surface area contributed by atoms with Crippen molar-refractivity contribution in [1.29, 1.82) is 0 Å². The zero-order chi connectivity index (χ0) is 12.1. The van der Waals surface area contributed by atoms with Gasteiger partial charge in [0.15, 0.2) is 0 Å². The molecule has 0 saturated heterocycles. The minimum absolute atomic E-state index is 0.912. The van der Waals surface area contributed by atoms with Crippen LogP contribution in [-0.4, -0.2) is 16.9 Å². The van der Waals surface area contributed by atoms with E-state index in [1.54, 1.807) is 6.20 Å². The molecule has 0 saturated carbocycles. The van der Waals surface area contributed by atoms with E-state index in [1.165, 1.54) is 11.1 Å². The van der Waals surface area contributed by atoms with Gasteiger partial charge in [0.05, 0.1) is 0 Å². The van der Waals surface area contributed by atoms with E-state index in [4.69, 9.17) is 0 Å². The molecule has 0 spiro atoms. The first-order valence-electron chi connectivity index (χ1n) is 5.56. The van der Waals surface area contributed by atoms with Gasteiger partial charge in [0.1, 0.15) is 0 Å². The molecule has 0 aliphatic carbocycles. The third kappa shape index (κ3) is 3.65. The molecule has 0 fully saturated rings. The van der Waals surface area contributed by atoms with Crippen molar-refractivity contribution in [3.8, 4) is 0 Å². The van der Waals surface area contributed by atoms with Crippen LogP contribution in [0.3, 0.4) is 0 Å². The smallest absolute Gasteiger partial charge is 0.0312 e. The van der Waals surface area contributed by atoms with Crippen LogP contribution in [0.25, 0.3) is 0 Å². The van der Waals surface area contributed by atoms with Crippen molar-refractivity contribution in [2.75, 3.05) is 7.05 Å². The summed E-state index contributed by atoms with van der Waals surface area (Å²) in [6, 6.07) is 12.4. The molecule has 0 radical (unpaired) electrons. The Kier molecular flexibility index (Phi) is 4.29. The Morgan fingerprint density at radius 2 is 1.94 bits per heavy atom. The molecule has 0 atom stereocenters. The topological polar surface area (TPSA) is 16.1 Å². The van der Waals surface area contributed by atoms with Gasteiger partial charge in [-0.3, -0.25) is 9.88 Å². The zero-order valence-electron chi connectivity index (χ0n) is 9.81. The highest BCUT2D eigenvalue weighted by Gasteiger charge is 2.04. The lowest BCUT2D eigenvalue weighted by molar-refractivity contribution is 0.318. The Bertz CT molecular complexity index is 471. The number of hydrogen-bond donors (Lipinski definition) is 0. The van der Waals surface area contributed by atoms with Crippen molar-refractivity contribution in [3.63, 3.8) is 0 Å². The number of rotatable bonds is 4. The van der Waals surface area contributed by atoms with Gasteiger partial charge in [-0.25, -0.2) is 0 Å². The normalized spacial score (nSPS) is 10.8. The van der Waals surface area contributed by atoms with Crippen molar-refractivity contribution >= 4 is 15.9 Å². The monoisotopic (exact) mass is 290 g/mol. The van der Waals surface area contributed by atoms with Crippen molar-refractivity contribution in [2.45, 2.75) is 13.1 Å². The molecule has 88 valence electrons. The first-order chi connectivity index (χ1) is 8.25. The van der Waals surface area contributed by atoms with Gasteiger partial charge in [-0.05, 0) is 30.3 Å². The fraction of sp³-hybridized carbons (Fsp3) is 0.214. The van der Waals surface area contributed by atoms with E-state index in [0.29, 0.717) is 0 Å². The number of halogens is 1. The lowest BCUT2D eigenvalue weighted by Gasteiger charge is -2.17. The number of hydrogen-bond acceptors (Lipinski definition) is 2. The number of aromatic nitrogens is 1. The molecule has 1 heterocycles. The molecule has 3 heteroatoms. The third-order valence-electron chi connectivity index (χ3n) is 2.57. The maximum atomic E-state index is 4.13. The van der Waals surface area contributed by atoms with E-state index in [0.717, 1.165) is 17.6 Å². The molecule has 0 bridgehead atoms. The maximum Gasteiger partial charge on any atom is 0.0312 e. The molecular weight excluding hydrogens is 276 g/mol. The van der Waals surface area contributed by atoms with Crippen molar-refractivity contribution in [3.05, 3.63) is 64.4 Å². The quantitative estimate of drug-likeness (QED) is 0.857. The van der Waals surface area contributed by atoms with Crippen LogP contribution in [-0.2, 0) is 13.1 Å². The minimum atomic E-state index is 0.912. The summed E-state index contributed by atoms with van der Waals surface area (Å²) in [5.74, 6) is 0. The third-order valence-corrected chi connectivity index (χ3v) is 3.35. The lowest BCUT2D eigenvalue weighted by Crippen LogP contribution is -2.17. The van der Waals surface area contributed by atoms with Gasteiger partial charge < -0.3 is 0 Å². The summed E-state index contributed by atoms with van der Waals surface area (Å²) in [4.78, 5) is 6.40. The van der Waals surface area contributed by atoms with Crippen LogP contribution in [0.1, 0.15) is 11.1 Å². The summed E-state index contributed by atoms with van der Waals surface area (Å²) in [6.45, 7) is 1.84. The van der Waals surface area contributed by atoms with Crippen LogP contribution < -0.4 is 0 Å². The second-order valence-electron chi connectivity index (χ2n) is 4.12. The van der Waals surface area contributed by atoms with Gasteiger partial charge in [-0.15, -0.1) is 0 Å². The molecule has 0 aliphatic rings. The van der Waals surface area contributed by atoms with Crippen LogP contribution >= 0.6 is 15.9 Å². The molecule has 0 aliphatic heterocycles. The Morgan fingerprint density at radius 1 is 1.12 bits per heavy atom. The van der Waals surface area contributed by atoms with E-state index in [-0.39, 0.29) is 0 Å². The Hall–Kier alpha value is -1.19. The van der Waals surface area contributed by atoms with E-state index in [2.05, 4.69) is 57.1 Å². The Morgan fingerprint density at radius 3 is 2.65 bits per heavy atom. The van der Waals surface area contributed by atoms with Gasteiger partial charge in [-0.2, -0.15) is 0 Å². The van der Waals surface area contributed by atoms with Crippen LogP contribution in [0, 0.1) is 0 Å². The maximum absolute atomic E-state index is 4.13. The first-order valence-corrected chi connectivity index (χ1v) is 6.36. The highest BCUT2D eigenvalue weighted by atomic mass is 79.9. The Balaban J connectivity index is 1.98. The molecule has 0 N–H and O–H groups in total. The van der Waals surface area contributed by atoms with Crippen molar-refractivity contribution in [1.82, 2.24) is 9.88 Å². The van der Waals surface area contributed by atoms with Gasteiger partial charge >= 0.3 is 0 Å². The molecule has 1 aromatic heterocycles. The van der Waals surface area contributed by atoms with Gasteiger partial charge in [0.25, 0.3) is 0 Å². The summed E-state index contributed by atoms with van der Waals surface area (Å²) in [5.41, 5.74) is 2.54. The van der Waals surface area contributed by atoms with Crippen molar-refractivity contribution in [2.24, 2.45) is 0 Å². The predicted molar refractivity (Wildman–Crippen MR) is 73.6 cm³/mol. The van der Waals surface area contributed by atoms with Crippen molar-refractivity contribution < 1.29 is 0 Å². The molecule has 1 aromatic carbocycles. The molecular formula is C14H15BrN2. The van der Waals surface area contributed by atoms with Gasteiger partial charge in [0.2, 0.25) is 0 Å². The Labute approximate surface area is 110 Å². The molecule has 2 nitrogen and oxygen atoms in total. The van der Waals surface area contributed by atoms with E-state index < -0.39 is 0 Å². The van der Waals surface area contributed by atoms with E-state index in [1.807, 2.05) is 18.3 Å². The largest absolute Gasteiger partial charge is 0.298 e.